The third-order valence-electron chi connectivity index (χ3n) is 18.5. The summed E-state index contributed by atoms with van der Waals surface area (Å²) in [5.41, 5.74) is 0.0476. The fourth-order valence-corrected chi connectivity index (χ4v) is 14.1. The van der Waals surface area contributed by atoms with Crippen molar-refractivity contribution in [1.29, 1.82) is 0 Å². The van der Waals surface area contributed by atoms with Crippen LogP contribution in [0.3, 0.4) is 0 Å². The predicted molar refractivity (Wildman–Crippen MR) is 214 cm³/mol. The van der Waals surface area contributed by atoms with Gasteiger partial charge in [-0.2, -0.15) is 0 Å². The van der Waals surface area contributed by atoms with E-state index in [1.165, 1.54) is 5.57 Å². The lowest BCUT2D eigenvalue weighted by Crippen LogP contribution is -2.63. The topological polar surface area (TPSA) is 92.7 Å². The average molecular weight is 771 g/mol. The molecule has 0 aromatic carbocycles. The highest BCUT2D eigenvalue weighted by Crippen LogP contribution is 2.73. The normalized spacial score (nSPS) is 55.4. The second-order valence-corrected chi connectivity index (χ2v) is 21.0. The molecule has 3 aliphatic heterocycles. The summed E-state index contributed by atoms with van der Waals surface area (Å²) in [6, 6.07) is 0. The number of carboxylic acids is 1. The first kappa shape index (κ1) is 42.1. The molecule has 0 radical (unpaired) electrons. The Labute approximate surface area is 333 Å². The van der Waals surface area contributed by atoms with Gasteiger partial charge in [-0.05, 0) is 130 Å². The van der Waals surface area contributed by atoms with Crippen molar-refractivity contribution in [1.82, 2.24) is 0 Å². The Morgan fingerprint density at radius 3 is 1.95 bits per heavy atom. The van der Waals surface area contributed by atoms with E-state index in [2.05, 4.69) is 76.2 Å². The van der Waals surface area contributed by atoms with Crippen LogP contribution in [0, 0.1) is 69.5 Å². The quantitative estimate of drug-likeness (QED) is 0.183. The van der Waals surface area contributed by atoms with Crippen LogP contribution in [0.4, 0.5) is 0 Å². The molecular weight excluding hydrogens is 693 g/mol. The Hall–Kier alpha value is -1.03. The SMILES string of the molecule is C=C1C[C@@]23CCC4[C@](C)(C(=O)O)CCC[C@@]4(C)[C@@H]2CCC1(O[C@@H]1OC(CC)[C@@H](C)C(O[C@@H]2OC(CC)[C@@H](C)C(C)[C@@H]2C)[C@@H]1O[C@@H]1OC(C)[C@H](C)C(C)[C@@H]1C)C3. The molecule has 0 aromatic heterocycles. The van der Waals surface area contributed by atoms with Crippen LogP contribution in [0.15, 0.2) is 12.2 Å². The van der Waals surface area contributed by atoms with E-state index in [4.69, 9.17) is 35.0 Å². The van der Waals surface area contributed by atoms with Crippen LogP contribution < -0.4 is 0 Å². The van der Waals surface area contributed by atoms with Crippen molar-refractivity contribution in [2.24, 2.45) is 69.5 Å². The van der Waals surface area contributed by atoms with E-state index in [0.717, 1.165) is 70.6 Å². The van der Waals surface area contributed by atoms with Gasteiger partial charge < -0.3 is 33.5 Å². The first-order valence-corrected chi connectivity index (χ1v) is 22.7. The van der Waals surface area contributed by atoms with Crippen LogP contribution in [-0.2, 0) is 33.2 Å². The number of carboxylic acid groups (broad SMARTS) is 1. The van der Waals surface area contributed by atoms with Crippen molar-refractivity contribution < 1.29 is 38.3 Å². The zero-order valence-electron chi connectivity index (χ0n) is 36.6. The van der Waals surface area contributed by atoms with E-state index in [0.29, 0.717) is 29.6 Å². The summed E-state index contributed by atoms with van der Waals surface area (Å²) in [5.74, 6) is 2.25. The van der Waals surface area contributed by atoms with Gasteiger partial charge in [-0.25, -0.2) is 0 Å². The van der Waals surface area contributed by atoms with Gasteiger partial charge in [0, 0.05) is 17.8 Å². The summed E-state index contributed by atoms with van der Waals surface area (Å²) < 4.78 is 42.7. The van der Waals surface area contributed by atoms with E-state index >= 15 is 0 Å². The van der Waals surface area contributed by atoms with Crippen LogP contribution in [0.1, 0.15) is 154 Å². The van der Waals surface area contributed by atoms with Gasteiger partial charge in [0.15, 0.2) is 18.9 Å². The lowest BCUT2D eigenvalue weighted by atomic mass is 9.41. The molecule has 1 N–H and O–H groups in total. The highest BCUT2D eigenvalue weighted by atomic mass is 16.8. The van der Waals surface area contributed by atoms with E-state index < -0.39 is 35.7 Å². The van der Waals surface area contributed by atoms with E-state index in [1.54, 1.807) is 0 Å². The van der Waals surface area contributed by atoms with Gasteiger partial charge in [-0.1, -0.05) is 82.2 Å². The number of ether oxygens (including phenoxy) is 6. The van der Waals surface area contributed by atoms with Gasteiger partial charge in [0.25, 0.3) is 0 Å². The zero-order valence-corrected chi connectivity index (χ0v) is 36.6. The average Bonchev–Trinajstić information content (AvgIpc) is 3.34. The lowest BCUT2D eigenvalue weighted by Gasteiger charge is -2.64. The maximum Gasteiger partial charge on any atom is 0.309 e. The number of hydrogen-bond acceptors (Lipinski definition) is 7. The summed E-state index contributed by atoms with van der Waals surface area (Å²) in [4.78, 5) is 12.8. The Kier molecular flexibility index (Phi) is 11.6. The molecule has 314 valence electrons. The van der Waals surface area contributed by atoms with Crippen LogP contribution in [-0.4, -0.2) is 66.1 Å². The molecule has 55 heavy (non-hydrogen) atoms. The predicted octanol–water partition coefficient (Wildman–Crippen LogP) is 10.4. The molecule has 8 nitrogen and oxygen atoms in total. The fourth-order valence-electron chi connectivity index (χ4n) is 14.1. The molecule has 21 atom stereocenters. The summed E-state index contributed by atoms with van der Waals surface area (Å²) in [6.07, 6.45) is 8.25. The van der Waals surface area contributed by atoms with Crippen molar-refractivity contribution in [3.8, 4) is 0 Å². The largest absolute Gasteiger partial charge is 0.481 e. The van der Waals surface area contributed by atoms with E-state index in [9.17, 15) is 9.90 Å². The van der Waals surface area contributed by atoms with Crippen LogP contribution in [0.2, 0.25) is 0 Å². The first-order valence-electron chi connectivity index (χ1n) is 22.7. The minimum absolute atomic E-state index is 0.00423. The lowest BCUT2D eigenvalue weighted by molar-refractivity contribution is -0.381. The number of hydrogen-bond donors (Lipinski definition) is 1. The number of fused-ring (bicyclic) bond motifs is 3. The maximum absolute atomic E-state index is 12.8. The Morgan fingerprint density at radius 1 is 0.709 bits per heavy atom. The van der Waals surface area contributed by atoms with Gasteiger partial charge in [-0.15, -0.1) is 0 Å². The van der Waals surface area contributed by atoms with Gasteiger partial charge in [0.2, 0.25) is 0 Å². The molecule has 3 heterocycles. The van der Waals surface area contributed by atoms with Gasteiger partial charge >= 0.3 is 5.97 Å². The minimum Gasteiger partial charge on any atom is -0.481 e. The molecule has 4 aliphatic carbocycles. The summed E-state index contributed by atoms with van der Waals surface area (Å²) in [6.45, 7) is 31.9. The Bertz CT molecular complexity index is 1420. The molecule has 7 fully saturated rings. The highest BCUT2D eigenvalue weighted by Gasteiger charge is 2.69. The molecule has 3 saturated heterocycles. The number of rotatable bonds is 9. The van der Waals surface area contributed by atoms with Gasteiger partial charge in [0.05, 0.1) is 35.4 Å². The zero-order chi connectivity index (χ0) is 40.0. The third-order valence-corrected chi connectivity index (χ3v) is 18.5. The van der Waals surface area contributed by atoms with Crippen molar-refractivity contribution in [2.75, 3.05) is 0 Å². The van der Waals surface area contributed by atoms with Crippen molar-refractivity contribution in [3.63, 3.8) is 0 Å². The second kappa shape index (κ2) is 15.2. The van der Waals surface area contributed by atoms with Crippen molar-refractivity contribution in [2.45, 2.75) is 209 Å². The number of carbonyl (C=O) groups is 1. The molecule has 1 spiro atoms. The summed E-state index contributed by atoms with van der Waals surface area (Å²) in [5, 5.41) is 10.5. The summed E-state index contributed by atoms with van der Waals surface area (Å²) in [7, 11) is 0. The van der Waals surface area contributed by atoms with Gasteiger partial charge in [-0.3, -0.25) is 4.79 Å². The van der Waals surface area contributed by atoms with Crippen LogP contribution >= 0.6 is 0 Å². The summed E-state index contributed by atoms with van der Waals surface area (Å²) >= 11 is 0. The van der Waals surface area contributed by atoms with E-state index in [-0.39, 0.29) is 65.2 Å². The molecular formula is C47H78O8. The Balaban J connectivity index is 1.21. The molecule has 2 bridgehead atoms. The standard InChI is InChI=1S/C47H78O8/c1-14-34-29(7)27(5)31(9)41(51-34)53-38-32(10)35(15-2)52-42(39(38)54-40-30(8)26(4)28(6)33(11)50-40)55-47-22-18-37-44(12)19-16-20-45(13,43(48)49)36(44)17-21-46(37,24-47)23-25(47)3/h26-42H,3,14-24H2,1-2,4-13H3,(H,48,49)/t26?,27?,28-,29+,30+,31+,32-,33?,34?,35?,36?,37+,38?,39+,40+,41+,42+,44-,45-,46-,47?/m1/s1. The highest BCUT2D eigenvalue weighted by molar-refractivity contribution is 5.75. The molecule has 0 amide bonds. The molecule has 4 saturated carbocycles. The van der Waals surface area contributed by atoms with Crippen LogP contribution in [0.5, 0.6) is 0 Å². The minimum atomic E-state index is -0.663. The molecule has 8 heteroatoms. The molecule has 8 unspecified atom stereocenters. The van der Waals surface area contributed by atoms with Crippen LogP contribution in [0.25, 0.3) is 0 Å². The van der Waals surface area contributed by atoms with Gasteiger partial charge in [0.1, 0.15) is 6.10 Å². The molecule has 0 aromatic rings. The molecule has 7 aliphatic rings. The monoisotopic (exact) mass is 771 g/mol. The van der Waals surface area contributed by atoms with Crippen molar-refractivity contribution in [3.05, 3.63) is 12.2 Å². The third kappa shape index (κ3) is 6.73. The number of aliphatic carboxylic acids is 1. The molecule has 7 rings (SSSR count). The Morgan fingerprint density at radius 2 is 1.29 bits per heavy atom. The second-order valence-electron chi connectivity index (χ2n) is 21.0. The van der Waals surface area contributed by atoms with Crippen molar-refractivity contribution >= 4 is 5.97 Å². The van der Waals surface area contributed by atoms with E-state index in [1.807, 2.05) is 6.92 Å². The fraction of sp³-hybridized carbons (Fsp3) is 0.936. The maximum atomic E-state index is 12.8. The first-order chi connectivity index (χ1) is 25.9. The smallest absolute Gasteiger partial charge is 0.309 e.